The summed E-state index contributed by atoms with van der Waals surface area (Å²) in [6.07, 6.45) is -0.137. The number of nitrogen functional groups attached to an aromatic ring is 1. The van der Waals surface area contributed by atoms with Crippen molar-refractivity contribution in [3.63, 3.8) is 0 Å². The van der Waals surface area contributed by atoms with Gasteiger partial charge in [-0.1, -0.05) is 12.1 Å². The third-order valence-corrected chi connectivity index (χ3v) is 6.05. The Labute approximate surface area is 203 Å². The van der Waals surface area contributed by atoms with Gasteiger partial charge >= 0.3 is 6.18 Å². The molecule has 1 amide bonds. The summed E-state index contributed by atoms with van der Waals surface area (Å²) < 4.78 is 40.7. The van der Waals surface area contributed by atoms with E-state index in [-0.39, 0.29) is 23.1 Å². The molecule has 1 unspecified atom stereocenters. The van der Waals surface area contributed by atoms with E-state index in [9.17, 15) is 23.1 Å². The van der Waals surface area contributed by atoms with Crippen LogP contribution in [0.4, 0.5) is 24.8 Å². The first-order valence-corrected chi connectivity index (χ1v) is 11.2. The fourth-order valence-electron chi connectivity index (χ4n) is 4.34. The Balaban J connectivity index is 1.43. The van der Waals surface area contributed by atoms with Gasteiger partial charge in [-0.2, -0.15) is 13.2 Å². The molecule has 36 heavy (non-hydrogen) atoms. The Hall–Kier alpha value is -4.03. The van der Waals surface area contributed by atoms with Gasteiger partial charge in [0.1, 0.15) is 28.7 Å². The van der Waals surface area contributed by atoms with E-state index >= 15 is 0 Å². The van der Waals surface area contributed by atoms with Gasteiger partial charge in [-0.05, 0) is 30.7 Å². The van der Waals surface area contributed by atoms with Gasteiger partial charge in [0.15, 0.2) is 0 Å². The summed E-state index contributed by atoms with van der Waals surface area (Å²) >= 11 is 0. The maximum Gasteiger partial charge on any atom is 0.416 e. The monoisotopic (exact) mass is 497 g/mol. The molecular weight excluding hydrogens is 475 g/mol. The molecule has 0 spiro atoms. The highest BCUT2D eigenvalue weighted by molar-refractivity contribution is 6.04. The number of alkyl halides is 3. The zero-order valence-corrected chi connectivity index (χ0v) is 18.8. The van der Waals surface area contributed by atoms with Crippen LogP contribution in [0.1, 0.15) is 34.1 Å². The summed E-state index contributed by atoms with van der Waals surface area (Å²) in [6, 6.07) is 8.06. The number of nitrogens with two attached hydrogens (primary N) is 1. The number of pyridine rings is 1. The molecule has 9 nitrogen and oxygen atoms in total. The van der Waals surface area contributed by atoms with Crippen molar-refractivity contribution in [1.82, 2.24) is 24.7 Å². The van der Waals surface area contributed by atoms with Crippen molar-refractivity contribution in [2.24, 2.45) is 0 Å². The summed E-state index contributed by atoms with van der Waals surface area (Å²) in [7, 11) is 0. The van der Waals surface area contributed by atoms with E-state index in [0.717, 1.165) is 24.2 Å². The maximum atomic E-state index is 12.9. The zero-order valence-electron chi connectivity index (χ0n) is 18.8. The number of carbonyl (C=O) groups is 1. The topological polar surface area (TPSA) is 130 Å². The number of piperidine rings is 1. The van der Waals surface area contributed by atoms with Gasteiger partial charge in [0, 0.05) is 48.7 Å². The Morgan fingerprint density at radius 1 is 1.14 bits per heavy atom. The Kier molecular flexibility index (Phi) is 6.06. The van der Waals surface area contributed by atoms with Crippen molar-refractivity contribution in [2.45, 2.75) is 24.6 Å². The first-order valence-electron chi connectivity index (χ1n) is 11.2. The van der Waals surface area contributed by atoms with Crippen LogP contribution in [-0.4, -0.2) is 49.6 Å². The minimum atomic E-state index is -4.54. The lowest BCUT2D eigenvalue weighted by atomic mass is 9.97. The van der Waals surface area contributed by atoms with Crippen LogP contribution in [-0.2, 0) is 6.18 Å². The first kappa shape index (κ1) is 23.7. The van der Waals surface area contributed by atoms with Crippen LogP contribution in [0.5, 0.6) is 0 Å². The molecule has 3 aromatic heterocycles. The number of hydrogen-bond acceptors (Lipinski definition) is 7. The molecule has 1 aliphatic rings. The number of imidazole rings is 1. The number of aromatic nitrogens is 4. The van der Waals surface area contributed by atoms with E-state index in [1.54, 1.807) is 36.7 Å². The third-order valence-electron chi connectivity index (χ3n) is 6.05. The molecule has 186 valence electrons. The van der Waals surface area contributed by atoms with E-state index in [0.29, 0.717) is 36.3 Å². The van der Waals surface area contributed by atoms with Gasteiger partial charge < -0.3 is 21.5 Å². The summed E-state index contributed by atoms with van der Waals surface area (Å²) in [5.74, 6) is 0.172. The predicted octanol–water partition coefficient (Wildman–Crippen LogP) is 3.08. The van der Waals surface area contributed by atoms with Crippen LogP contribution in [0.2, 0.25) is 0 Å². The summed E-state index contributed by atoms with van der Waals surface area (Å²) in [4.78, 5) is 25.4. The number of aliphatic hydroxyl groups excluding tert-OH is 1. The number of aliphatic hydroxyl groups is 1. The summed E-state index contributed by atoms with van der Waals surface area (Å²) in [5, 5.41) is 15.7. The lowest BCUT2D eigenvalue weighted by Gasteiger charge is -2.26. The van der Waals surface area contributed by atoms with Crippen LogP contribution in [0.3, 0.4) is 0 Å². The lowest BCUT2D eigenvalue weighted by Crippen LogP contribution is -2.38. The molecule has 0 saturated carbocycles. The third kappa shape index (κ3) is 4.60. The van der Waals surface area contributed by atoms with E-state index in [4.69, 9.17) is 10.7 Å². The average molecular weight is 497 g/mol. The predicted molar refractivity (Wildman–Crippen MR) is 126 cm³/mol. The van der Waals surface area contributed by atoms with E-state index < -0.39 is 23.8 Å². The number of halogens is 3. The minimum absolute atomic E-state index is 0.0400. The fraction of sp³-hybridized carbons (Fsp3) is 0.250. The number of fused-ring (bicyclic) bond motifs is 1. The second-order valence-corrected chi connectivity index (χ2v) is 8.55. The largest absolute Gasteiger partial charge is 0.416 e. The van der Waals surface area contributed by atoms with Crippen LogP contribution < -0.4 is 16.4 Å². The van der Waals surface area contributed by atoms with Gasteiger partial charge in [-0.25, -0.2) is 15.0 Å². The standard InChI is InChI=1S/C24H22F3N7O2/c25-24(26,27)16-5-6-30-18(10-16)32-23(36)14-3-1-13(2-4-14)19-20-21(28)31-7-8-34(20)22(33-19)15-9-17(35)12-29-11-15/h1-8,10,15,17,29,35H,9,11-12H2,(H2,28,31)(H,30,32,36)/t15?,17-/m0/s1. The van der Waals surface area contributed by atoms with Gasteiger partial charge in [-0.3, -0.25) is 9.20 Å². The molecule has 0 aliphatic carbocycles. The SMILES string of the molecule is Nc1nccn2c(C3CNC[C@@H](O)C3)nc(-c3ccc(C(=O)Nc4cc(C(F)(F)F)ccn4)cc3)c12. The van der Waals surface area contributed by atoms with Crippen LogP contribution in [0, 0.1) is 0 Å². The molecule has 1 saturated heterocycles. The molecule has 1 aliphatic heterocycles. The van der Waals surface area contributed by atoms with Crippen molar-refractivity contribution in [1.29, 1.82) is 0 Å². The number of nitrogens with zero attached hydrogens (tertiary/aromatic N) is 4. The number of hydrogen-bond donors (Lipinski definition) is 4. The van der Waals surface area contributed by atoms with Crippen LogP contribution in [0.25, 0.3) is 16.8 Å². The maximum absolute atomic E-state index is 12.9. The van der Waals surface area contributed by atoms with Gasteiger partial charge in [0.05, 0.1) is 11.7 Å². The molecule has 5 rings (SSSR count). The Morgan fingerprint density at radius 3 is 2.64 bits per heavy atom. The van der Waals surface area contributed by atoms with Gasteiger partial charge in [0.25, 0.3) is 5.91 Å². The molecular formula is C24H22F3N7O2. The average Bonchev–Trinajstić information content (AvgIpc) is 3.25. The highest BCUT2D eigenvalue weighted by Gasteiger charge is 2.31. The second-order valence-electron chi connectivity index (χ2n) is 8.55. The number of anilines is 2. The molecule has 12 heteroatoms. The molecule has 4 aromatic rings. The zero-order chi connectivity index (χ0) is 25.4. The Bertz CT molecular complexity index is 1420. The van der Waals surface area contributed by atoms with Crippen LogP contribution >= 0.6 is 0 Å². The summed E-state index contributed by atoms with van der Waals surface area (Å²) in [5.41, 5.74) is 7.37. The number of benzene rings is 1. The molecule has 5 N–H and O–H groups in total. The number of β-amino-alcohol motifs (C(OH)–C–C–N with tert-alkyl or cyclic N) is 1. The van der Waals surface area contributed by atoms with Crippen molar-refractivity contribution in [2.75, 3.05) is 24.1 Å². The smallest absolute Gasteiger partial charge is 0.392 e. The molecule has 1 aromatic carbocycles. The van der Waals surface area contributed by atoms with Crippen LogP contribution in [0.15, 0.2) is 55.0 Å². The number of carbonyl (C=O) groups excluding carboxylic acids is 1. The number of amides is 1. The summed E-state index contributed by atoms with van der Waals surface area (Å²) in [6.45, 7) is 1.18. The van der Waals surface area contributed by atoms with E-state index in [1.807, 2.05) is 4.40 Å². The molecule has 1 fully saturated rings. The number of nitrogens with one attached hydrogen (secondary N) is 2. The lowest BCUT2D eigenvalue weighted by molar-refractivity contribution is -0.137. The minimum Gasteiger partial charge on any atom is -0.392 e. The molecule has 4 heterocycles. The first-order chi connectivity index (χ1) is 17.2. The van der Waals surface area contributed by atoms with Gasteiger partial charge in [0.2, 0.25) is 0 Å². The number of rotatable bonds is 4. The molecule has 0 bridgehead atoms. The van der Waals surface area contributed by atoms with Crippen molar-refractivity contribution < 1.29 is 23.1 Å². The fourth-order valence-corrected chi connectivity index (χ4v) is 4.34. The highest BCUT2D eigenvalue weighted by Crippen LogP contribution is 2.33. The normalized spacial score (nSPS) is 18.3. The highest BCUT2D eigenvalue weighted by atomic mass is 19.4. The van der Waals surface area contributed by atoms with E-state index in [2.05, 4.69) is 20.6 Å². The van der Waals surface area contributed by atoms with Crippen molar-refractivity contribution >= 4 is 23.1 Å². The van der Waals surface area contributed by atoms with E-state index in [1.165, 1.54) is 0 Å². The quantitative estimate of drug-likeness (QED) is 0.341. The van der Waals surface area contributed by atoms with Gasteiger partial charge in [-0.15, -0.1) is 0 Å². The Morgan fingerprint density at radius 2 is 1.92 bits per heavy atom. The van der Waals surface area contributed by atoms with Crippen molar-refractivity contribution in [3.8, 4) is 11.3 Å². The second kappa shape index (κ2) is 9.21. The van der Waals surface area contributed by atoms with Crippen molar-refractivity contribution in [3.05, 3.63) is 71.9 Å². The molecule has 0 radical (unpaired) electrons. The molecule has 2 atom stereocenters.